The van der Waals surface area contributed by atoms with Crippen LogP contribution in [0.15, 0.2) is 0 Å². The van der Waals surface area contributed by atoms with Crippen LogP contribution in [0.3, 0.4) is 0 Å². The molecule has 0 spiro atoms. The lowest BCUT2D eigenvalue weighted by atomic mass is 10.1. The Morgan fingerprint density at radius 1 is 0.944 bits per heavy atom. The number of ether oxygens (including phenoxy) is 5. The smallest absolute Gasteiger partial charge is 0.190 e. The zero-order valence-electron chi connectivity index (χ0n) is 11.1. The zero-order chi connectivity index (χ0) is 13.1. The van der Waals surface area contributed by atoms with Gasteiger partial charge in [0.2, 0.25) is 0 Å². The minimum Gasteiger partial charge on any atom is -0.387 e. The normalized spacial score (nSPS) is 49.5. The van der Waals surface area contributed by atoms with E-state index in [-0.39, 0.29) is 6.10 Å². The molecule has 3 rings (SSSR count). The first-order chi connectivity index (χ1) is 8.27. The van der Waals surface area contributed by atoms with E-state index in [9.17, 15) is 5.11 Å². The van der Waals surface area contributed by atoms with E-state index in [1.807, 2.05) is 13.8 Å². The molecule has 0 aromatic carbocycles. The zero-order valence-corrected chi connectivity index (χ0v) is 11.1. The molecule has 0 bridgehead atoms. The fourth-order valence-corrected chi connectivity index (χ4v) is 2.70. The monoisotopic (exact) mass is 260 g/mol. The summed E-state index contributed by atoms with van der Waals surface area (Å²) in [6.45, 7) is 7.68. The van der Waals surface area contributed by atoms with E-state index in [2.05, 4.69) is 0 Å². The molecule has 0 aliphatic carbocycles. The lowest BCUT2D eigenvalue weighted by Crippen LogP contribution is -2.42. The van der Waals surface area contributed by atoms with Crippen LogP contribution in [-0.4, -0.2) is 54.0 Å². The lowest BCUT2D eigenvalue weighted by molar-refractivity contribution is -0.232. The van der Waals surface area contributed by atoms with Gasteiger partial charge < -0.3 is 28.8 Å². The first-order valence-electron chi connectivity index (χ1n) is 6.28. The summed E-state index contributed by atoms with van der Waals surface area (Å²) in [6.07, 6.45) is -2.53. The van der Waals surface area contributed by atoms with Crippen molar-refractivity contribution >= 4 is 0 Å². The van der Waals surface area contributed by atoms with E-state index in [1.165, 1.54) is 0 Å². The van der Waals surface area contributed by atoms with Crippen molar-refractivity contribution in [1.82, 2.24) is 0 Å². The Kier molecular flexibility index (Phi) is 2.75. The molecule has 0 aromatic heterocycles. The second-order valence-electron chi connectivity index (χ2n) is 5.93. The number of hydrogen-bond acceptors (Lipinski definition) is 6. The third kappa shape index (κ3) is 2.07. The van der Waals surface area contributed by atoms with Crippen molar-refractivity contribution in [2.45, 2.75) is 70.0 Å². The van der Waals surface area contributed by atoms with Gasteiger partial charge in [0.05, 0.1) is 6.61 Å². The molecule has 0 radical (unpaired) electrons. The number of rotatable bonds is 1. The Hall–Kier alpha value is -0.240. The van der Waals surface area contributed by atoms with Crippen LogP contribution in [0, 0.1) is 0 Å². The van der Waals surface area contributed by atoms with Crippen molar-refractivity contribution in [3.8, 4) is 0 Å². The highest BCUT2D eigenvalue weighted by molar-refractivity contribution is 4.97. The Labute approximate surface area is 106 Å². The van der Waals surface area contributed by atoms with Crippen LogP contribution in [0.5, 0.6) is 0 Å². The molecule has 0 saturated carbocycles. The molecule has 0 amide bonds. The fraction of sp³-hybridized carbons (Fsp3) is 1.00. The molecule has 3 aliphatic rings. The Balaban J connectivity index is 1.68. The molecular weight excluding hydrogens is 240 g/mol. The van der Waals surface area contributed by atoms with E-state index in [0.717, 1.165) is 0 Å². The van der Waals surface area contributed by atoms with Crippen molar-refractivity contribution < 1.29 is 28.8 Å². The van der Waals surface area contributed by atoms with Gasteiger partial charge >= 0.3 is 0 Å². The van der Waals surface area contributed by atoms with Gasteiger partial charge in [0.15, 0.2) is 17.9 Å². The van der Waals surface area contributed by atoms with Gasteiger partial charge in [-0.15, -0.1) is 0 Å². The highest BCUT2D eigenvalue weighted by Crippen LogP contribution is 2.40. The van der Waals surface area contributed by atoms with Crippen LogP contribution in [0.1, 0.15) is 27.7 Å². The highest BCUT2D eigenvalue weighted by atomic mass is 16.8. The number of aliphatic hydroxyl groups excluding tert-OH is 1. The van der Waals surface area contributed by atoms with Crippen LogP contribution in [0.4, 0.5) is 0 Å². The number of hydrogen-bond donors (Lipinski definition) is 1. The molecule has 6 heteroatoms. The summed E-state index contributed by atoms with van der Waals surface area (Å²) in [4.78, 5) is 0. The van der Waals surface area contributed by atoms with Crippen LogP contribution < -0.4 is 0 Å². The van der Waals surface area contributed by atoms with Crippen molar-refractivity contribution in [2.75, 3.05) is 6.61 Å². The summed E-state index contributed by atoms with van der Waals surface area (Å²) in [5, 5.41) is 10.3. The predicted octanol–water partition coefficient (Wildman–Crippen LogP) is 0.375. The standard InChI is InChI=1S/C12H20O6/c1-11(2)14-5-6(16-11)8-7(13)9-10(15-8)18-12(3,4)17-9/h6-10,13H,5H2,1-4H3/t6-,7+,8+,9?,10+/m1/s1. The molecule has 5 atom stereocenters. The topological polar surface area (TPSA) is 66.4 Å². The minimum atomic E-state index is -0.765. The fourth-order valence-electron chi connectivity index (χ4n) is 2.70. The molecule has 3 fully saturated rings. The summed E-state index contributed by atoms with van der Waals surface area (Å²) in [7, 11) is 0. The second-order valence-corrected chi connectivity index (χ2v) is 5.93. The van der Waals surface area contributed by atoms with Gasteiger partial charge in [-0.05, 0) is 27.7 Å². The maximum absolute atomic E-state index is 10.3. The average molecular weight is 260 g/mol. The van der Waals surface area contributed by atoms with E-state index in [4.69, 9.17) is 23.7 Å². The van der Waals surface area contributed by atoms with Gasteiger partial charge in [-0.3, -0.25) is 0 Å². The predicted molar refractivity (Wildman–Crippen MR) is 59.6 cm³/mol. The molecule has 6 nitrogen and oxygen atoms in total. The third-order valence-electron chi connectivity index (χ3n) is 3.45. The molecule has 18 heavy (non-hydrogen) atoms. The van der Waals surface area contributed by atoms with Gasteiger partial charge in [-0.2, -0.15) is 0 Å². The Bertz CT molecular complexity index is 341. The molecular formula is C12H20O6. The Morgan fingerprint density at radius 2 is 1.67 bits per heavy atom. The molecule has 3 heterocycles. The molecule has 1 unspecified atom stereocenters. The minimum absolute atomic E-state index is 0.295. The van der Waals surface area contributed by atoms with Gasteiger partial charge in [0, 0.05) is 0 Å². The summed E-state index contributed by atoms with van der Waals surface area (Å²) in [5.74, 6) is -1.35. The molecule has 104 valence electrons. The first kappa shape index (κ1) is 12.8. The van der Waals surface area contributed by atoms with E-state index in [0.29, 0.717) is 6.61 Å². The lowest BCUT2D eigenvalue weighted by Gasteiger charge is -2.26. The van der Waals surface area contributed by atoms with E-state index >= 15 is 0 Å². The quantitative estimate of drug-likeness (QED) is 0.735. The number of aliphatic hydroxyl groups is 1. The van der Waals surface area contributed by atoms with Gasteiger partial charge in [-0.1, -0.05) is 0 Å². The third-order valence-corrected chi connectivity index (χ3v) is 3.45. The van der Waals surface area contributed by atoms with Crippen molar-refractivity contribution in [1.29, 1.82) is 0 Å². The van der Waals surface area contributed by atoms with Crippen LogP contribution in [-0.2, 0) is 23.7 Å². The Morgan fingerprint density at radius 3 is 2.22 bits per heavy atom. The van der Waals surface area contributed by atoms with Crippen LogP contribution >= 0.6 is 0 Å². The van der Waals surface area contributed by atoms with E-state index in [1.54, 1.807) is 13.8 Å². The second kappa shape index (κ2) is 3.88. The average Bonchev–Trinajstić information content (AvgIpc) is 2.81. The maximum atomic E-state index is 10.3. The largest absolute Gasteiger partial charge is 0.387 e. The van der Waals surface area contributed by atoms with Crippen molar-refractivity contribution in [3.05, 3.63) is 0 Å². The molecule has 3 saturated heterocycles. The van der Waals surface area contributed by atoms with Crippen LogP contribution in [0.25, 0.3) is 0 Å². The van der Waals surface area contributed by atoms with E-state index < -0.39 is 36.2 Å². The summed E-state index contributed by atoms with van der Waals surface area (Å²) in [5.41, 5.74) is 0. The van der Waals surface area contributed by atoms with Crippen molar-refractivity contribution in [2.24, 2.45) is 0 Å². The summed E-state index contributed by atoms with van der Waals surface area (Å²) in [6, 6.07) is 0. The van der Waals surface area contributed by atoms with Crippen LogP contribution in [0.2, 0.25) is 0 Å². The highest BCUT2D eigenvalue weighted by Gasteiger charge is 2.57. The molecule has 1 N–H and O–H groups in total. The van der Waals surface area contributed by atoms with Gasteiger partial charge in [-0.25, -0.2) is 0 Å². The molecule has 0 aromatic rings. The SMILES string of the molecule is CC1(C)OC2[C@@H](O[C@@H]([C@H]3COC(C)(C)O3)[C@@H]2O)O1. The van der Waals surface area contributed by atoms with Gasteiger partial charge in [0.25, 0.3) is 0 Å². The van der Waals surface area contributed by atoms with Gasteiger partial charge in [0.1, 0.15) is 24.4 Å². The summed E-state index contributed by atoms with van der Waals surface area (Å²) < 4.78 is 28.1. The molecule has 3 aliphatic heterocycles. The first-order valence-corrected chi connectivity index (χ1v) is 6.28. The summed E-state index contributed by atoms with van der Waals surface area (Å²) >= 11 is 0. The number of fused-ring (bicyclic) bond motifs is 1. The maximum Gasteiger partial charge on any atom is 0.190 e. The van der Waals surface area contributed by atoms with Crippen molar-refractivity contribution in [3.63, 3.8) is 0 Å².